The van der Waals surface area contributed by atoms with E-state index in [0.717, 1.165) is 33.6 Å². The number of nitrogens with one attached hydrogen (secondary N) is 1. The van der Waals surface area contributed by atoms with E-state index in [1.807, 2.05) is 57.3 Å². The zero-order valence-electron chi connectivity index (χ0n) is 25.0. The molecule has 1 saturated heterocycles. The summed E-state index contributed by atoms with van der Waals surface area (Å²) in [6, 6.07) is 8.19. The molecule has 0 bridgehead atoms. The molecule has 0 radical (unpaired) electrons. The number of nitrogens with zero attached hydrogens (tertiary/aromatic N) is 3. The van der Waals surface area contributed by atoms with E-state index in [2.05, 4.69) is 9.88 Å². The number of benzene rings is 1. The smallest absolute Gasteiger partial charge is 0.186 e. The number of aromatic nitrogens is 3. The zero-order chi connectivity index (χ0) is 29.5. The molecule has 226 valence electrons. The van der Waals surface area contributed by atoms with Crippen molar-refractivity contribution in [2.75, 3.05) is 64.5 Å². The molecule has 3 unspecified atom stereocenters. The van der Waals surface area contributed by atoms with Crippen molar-refractivity contribution in [2.45, 2.75) is 43.6 Å². The van der Waals surface area contributed by atoms with Crippen molar-refractivity contribution in [3.63, 3.8) is 0 Å². The van der Waals surface area contributed by atoms with E-state index in [-0.39, 0.29) is 12.6 Å². The van der Waals surface area contributed by atoms with Crippen LogP contribution in [0.15, 0.2) is 42.8 Å². The molecule has 3 aromatic rings. The molecule has 1 N–H and O–H groups in total. The number of morpholine rings is 1. The largest absolute Gasteiger partial charge is 0.501 e. The second-order valence-electron chi connectivity index (χ2n) is 11.6. The highest BCUT2D eigenvalue weighted by Crippen LogP contribution is 2.45. The fourth-order valence-electron chi connectivity index (χ4n) is 5.90. The number of hydrogen-bond donors (Lipinski definition) is 1. The van der Waals surface area contributed by atoms with Gasteiger partial charge in [0.2, 0.25) is 0 Å². The minimum absolute atomic E-state index is 0.0768. The van der Waals surface area contributed by atoms with E-state index in [4.69, 9.17) is 33.7 Å². The van der Waals surface area contributed by atoms with Crippen LogP contribution in [-0.4, -0.2) is 94.4 Å². The average molecular weight is 597 g/mol. The zero-order valence-corrected chi connectivity index (χ0v) is 25.8. The Labute approximate surface area is 247 Å². The van der Waals surface area contributed by atoms with Crippen molar-refractivity contribution in [2.24, 2.45) is 0 Å². The average Bonchev–Trinajstić information content (AvgIpc) is 3.27. The second kappa shape index (κ2) is 11.2. The Morgan fingerprint density at radius 1 is 1.26 bits per heavy atom. The van der Waals surface area contributed by atoms with Gasteiger partial charge in [-0.2, -0.15) is 0 Å². The first-order valence-corrected chi connectivity index (χ1v) is 16.4. The summed E-state index contributed by atoms with van der Waals surface area (Å²) in [6.07, 6.45) is 8.10. The Hall–Kier alpha value is -3.12. The highest BCUT2D eigenvalue weighted by Gasteiger charge is 2.57. The molecule has 10 nitrogen and oxygen atoms in total. The third kappa shape index (κ3) is 4.86. The molecule has 0 aliphatic carbocycles. The van der Waals surface area contributed by atoms with Gasteiger partial charge in [-0.05, 0) is 48.0 Å². The highest BCUT2D eigenvalue weighted by molar-refractivity contribution is 8.12. The van der Waals surface area contributed by atoms with Gasteiger partial charge >= 0.3 is 0 Å². The van der Waals surface area contributed by atoms with Gasteiger partial charge in [0.05, 0.1) is 45.3 Å². The topological polar surface area (TPSA) is 108 Å². The molecule has 3 aliphatic rings. The standard InChI is InChI=1S/C31H40N4O6S/c1-6-14-38-15-11-31(25(19-37-4)42(31,5)36)20-41-30(2,3)27-26-29(35-13-16-39-17-21(35)18-40-26)34-28(33-27)23-8-7-9-24-22(23)10-12-32-24/h7-12,15,21,32H,6,13-14,16-20H2,1-5H3. The highest BCUT2D eigenvalue weighted by atomic mass is 32.2. The van der Waals surface area contributed by atoms with Gasteiger partial charge in [-0.3, -0.25) is 4.21 Å². The molecule has 0 amide bonds. The van der Waals surface area contributed by atoms with Crippen molar-refractivity contribution in [1.82, 2.24) is 15.0 Å². The molecule has 1 fully saturated rings. The van der Waals surface area contributed by atoms with E-state index in [1.54, 1.807) is 19.6 Å². The first kappa shape index (κ1) is 29.0. The molecule has 2 aromatic heterocycles. The van der Waals surface area contributed by atoms with E-state index < -0.39 is 19.9 Å². The van der Waals surface area contributed by atoms with Crippen molar-refractivity contribution in [1.29, 1.82) is 0 Å². The van der Waals surface area contributed by atoms with Crippen LogP contribution in [0.5, 0.6) is 5.75 Å². The maximum absolute atomic E-state index is 13.7. The summed E-state index contributed by atoms with van der Waals surface area (Å²) in [4.78, 5) is 16.6. The van der Waals surface area contributed by atoms with Crippen molar-refractivity contribution >= 4 is 31.1 Å². The number of hydrogen-bond acceptors (Lipinski definition) is 9. The van der Waals surface area contributed by atoms with E-state index >= 15 is 0 Å². The third-order valence-electron chi connectivity index (χ3n) is 8.45. The van der Waals surface area contributed by atoms with E-state index in [9.17, 15) is 4.21 Å². The van der Waals surface area contributed by atoms with Gasteiger partial charge in [0.1, 0.15) is 22.6 Å². The lowest BCUT2D eigenvalue weighted by molar-refractivity contribution is -0.0275. The summed E-state index contributed by atoms with van der Waals surface area (Å²) in [5.74, 6) is 1.97. The van der Waals surface area contributed by atoms with Gasteiger partial charge in [0, 0.05) is 47.4 Å². The summed E-state index contributed by atoms with van der Waals surface area (Å²) >= 11 is 0. The van der Waals surface area contributed by atoms with Gasteiger partial charge < -0.3 is 33.6 Å². The monoisotopic (exact) mass is 596 g/mol. The summed E-state index contributed by atoms with van der Waals surface area (Å²) in [7, 11) is -0.741. The van der Waals surface area contributed by atoms with Crippen LogP contribution in [0.2, 0.25) is 0 Å². The van der Waals surface area contributed by atoms with Crippen molar-refractivity contribution in [3.05, 3.63) is 48.5 Å². The Kier molecular flexibility index (Phi) is 7.71. The number of fused-ring (bicyclic) bond motifs is 4. The lowest BCUT2D eigenvalue weighted by Gasteiger charge is -2.42. The Morgan fingerprint density at radius 3 is 2.93 bits per heavy atom. The molecule has 1 aromatic carbocycles. The van der Waals surface area contributed by atoms with Crippen LogP contribution in [0.25, 0.3) is 22.3 Å². The van der Waals surface area contributed by atoms with Crippen molar-refractivity contribution in [3.8, 4) is 17.1 Å². The van der Waals surface area contributed by atoms with Gasteiger partial charge in [0.15, 0.2) is 17.4 Å². The Bertz CT molecular complexity index is 1620. The van der Waals surface area contributed by atoms with Gasteiger partial charge in [-0.25, -0.2) is 9.97 Å². The minimum Gasteiger partial charge on any atom is -0.501 e. The molecule has 5 heterocycles. The van der Waals surface area contributed by atoms with E-state index in [1.165, 1.54) is 0 Å². The van der Waals surface area contributed by atoms with Crippen molar-refractivity contribution < 1.29 is 27.9 Å². The SMILES string of the molecule is CCCOC=CC1(COC(C)(C)c2nc(-c3cccc4[nH]ccc34)nc3c2OCC2COCCN32)C(COC)=S1(C)=O. The van der Waals surface area contributed by atoms with Crippen LogP contribution >= 0.6 is 0 Å². The number of aromatic amines is 1. The molecular formula is C31H40N4O6S. The fourth-order valence-corrected chi connectivity index (χ4v) is 8.45. The Morgan fingerprint density at radius 2 is 2.12 bits per heavy atom. The first-order chi connectivity index (χ1) is 20.2. The summed E-state index contributed by atoms with van der Waals surface area (Å²) in [5.41, 5.74) is 1.68. The summed E-state index contributed by atoms with van der Waals surface area (Å²) < 4.78 is 42.8. The number of methoxy groups -OCH3 is 1. The molecule has 42 heavy (non-hydrogen) atoms. The lowest BCUT2D eigenvalue weighted by atomic mass is 10.00. The number of anilines is 1. The minimum atomic E-state index is -2.36. The number of H-pyrrole nitrogens is 1. The molecule has 3 atom stereocenters. The quantitative estimate of drug-likeness (QED) is 0.200. The first-order valence-electron chi connectivity index (χ1n) is 14.5. The molecule has 0 spiro atoms. The maximum atomic E-state index is 13.7. The van der Waals surface area contributed by atoms with Gasteiger partial charge in [-0.15, -0.1) is 0 Å². The molecule has 6 rings (SSSR count). The lowest BCUT2D eigenvalue weighted by Crippen LogP contribution is -2.52. The van der Waals surface area contributed by atoms with Crippen LogP contribution in [0.4, 0.5) is 5.82 Å². The van der Waals surface area contributed by atoms with Crippen LogP contribution < -0.4 is 9.64 Å². The molecular weight excluding hydrogens is 556 g/mol. The third-order valence-corrected chi connectivity index (χ3v) is 11.6. The van der Waals surface area contributed by atoms with Gasteiger partial charge in [0.25, 0.3) is 0 Å². The van der Waals surface area contributed by atoms with Crippen LogP contribution in [-0.2, 0) is 34.1 Å². The van der Waals surface area contributed by atoms with Crippen LogP contribution in [0, 0.1) is 0 Å². The second-order valence-corrected chi connectivity index (χ2v) is 14.5. The predicted octanol–water partition coefficient (Wildman–Crippen LogP) is 3.90. The Balaban J connectivity index is 1.40. The number of rotatable bonds is 11. The molecule has 3 aliphatic heterocycles. The summed E-state index contributed by atoms with van der Waals surface area (Å²) in [6.45, 7) is 9.47. The number of ether oxygens (including phenoxy) is 5. The van der Waals surface area contributed by atoms with Crippen LogP contribution in [0.1, 0.15) is 32.9 Å². The van der Waals surface area contributed by atoms with Gasteiger partial charge in [-0.1, -0.05) is 19.1 Å². The van der Waals surface area contributed by atoms with Crippen LogP contribution in [0.3, 0.4) is 0 Å². The normalized spacial score (nSPS) is 25.4. The summed E-state index contributed by atoms with van der Waals surface area (Å²) in [5, 5.41) is 1.04. The van der Waals surface area contributed by atoms with E-state index in [0.29, 0.717) is 56.8 Å². The predicted molar refractivity (Wildman–Crippen MR) is 165 cm³/mol. The molecule has 11 heteroatoms. The molecule has 0 saturated carbocycles. The maximum Gasteiger partial charge on any atom is 0.186 e. The fraction of sp³-hybridized carbons (Fsp3) is 0.516.